The molecule has 2 aliphatic rings. The van der Waals surface area contributed by atoms with Crippen molar-refractivity contribution in [1.29, 1.82) is 0 Å². The van der Waals surface area contributed by atoms with E-state index in [2.05, 4.69) is 47.9 Å². The molecule has 0 N–H and O–H groups in total. The van der Waals surface area contributed by atoms with Crippen molar-refractivity contribution in [3.63, 3.8) is 0 Å². The Balaban J connectivity index is 1.62. The molecule has 1 fully saturated rings. The zero-order valence-corrected chi connectivity index (χ0v) is 13.9. The van der Waals surface area contributed by atoms with E-state index in [-0.39, 0.29) is 0 Å². The minimum atomic E-state index is 0.336. The number of piperidine rings is 1. The summed E-state index contributed by atoms with van der Waals surface area (Å²) in [5.41, 5.74) is 2.77. The van der Waals surface area contributed by atoms with Gasteiger partial charge in [-0.2, -0.15) is 0 Å². The second-order valence-corrected chi connectivity index (χ2v) is 6.90. The van der Waals surface area contributed by atoms with Crippen molar-refractivity contribution in [1.82, 2.24) is 4.90 Å². The third-order valence-electron chi connectivity index (χ3n) is 5.28. The van der Waals surface area contributed by atoms with Crippen molar-refractivity contribution in [3.05, 3.63) is 29.8 Å². The molecule has 0 unspecified atom stereocenters. The van der Waals surface area contributed by atoms with Gasteiger partial charge in [0.2, 0.25) is 5.91 Å². The van der Waals surface area contributed by atoms with Gasteiger partial charge in [-0.3, -0.25) is 4.79 Å². The summed E-state index contributed by atoms with van der Waals surface area (Å²) >= 11 is 0. The number of amides is 1. The van der Waals surface area contributed by atoms with Crippen LogP contribution in [0.5, 0.6) is 0 Å². The van der Waals surface area contributed by atoms with Gasteiger partial charge in [-0.25, -0.2) is 0 Å². The lowest BCUT2D eigenvalue weighted by Crippen LogP contribution is -2.48. The summed E-state index contributed by atoms with van der Waals surface area (Å²) in [6, 6.07) is 9.46. The number of para-hydroxylation sites is 1. The third-order valence-corrected chi connectivity index (χ3v) is 5.28. The first-order valence-corrected chi connectivity index (χ1v) is 8.81. The van der Waals surface area contributed by atoms with Crippen molar-refractivity contribution in [2.75, 3.05) is 18.0 Å². The van der Waals surface area contributed by atoms with Crippen LogP contribution in [-0.2, 0) is 11.2 Å². The first-order valence-electron chi connectivity index (χ1n) is 8.81. The summed E-state index contributed by atoms with van der Waals surface area (Å²) < 4.78 is 0. The Morgan fingerprint density at radius 1 is 1.14 bits per heavy atom. The molecule has 0 radical (unpaired) electrons. The molecule has 0 saturated carbocycles. The topological polar surface area (TPSA) is 23.6 Å². The Hall–Kier alpha value is -1.51. The summed E-state index contributed by atoms with van der Waals surface area (Å²) in [5, 5.41) is 0. The van der Waals surface area contributed by atoms with E-state index >= 15 is 0 Å². The van der Waals surface area contributed by atoms with Crippen molar-refractivity contribution >= 4 is 11.6 Å². The van der Waals surface area contributed by atoms with E-state index in [0.717, 1.165) is 25.9 Å². The highest BCUT2D eigenvalue weighted by atomic mass is 16.2. The fraction of sp³-hybridized carbons (Fsp3) is 0.632. The molecule has 3 rings (SSSR count). The maximum Gasteiger partial charge on any atom is 0.224 e. The van der Waals surface area contributed by atoms with E-state index in [4.69, 9.17) is 0 Å². The smallest absolute Gasteiger partial charge is 0.224 e. The molecule has 0 bridgehead atoms. The zero-order valence-electron chi connectivity index (χ0n) is 13.9. The molecule has 1 aromatic carbocycles. The number of hydrogen-bond donors (Lipinski definition) is 0. The van der Waals surface area contributed by atoms with Crippen LogP contribution in [0.25, 0.3) is 0 Å². The molecule has 1 amide bonds. The van der Waals surface area contributed by atoms with Gasteiger partial charge < -0.3 is 9.80 Å². The summed E-state index contributed by atoms with van der Waals surface area (Å²) in [6.07, 6.45) is 6.57. The molecule has 2 heterocycles. The molecule has 1 aromatic rings. The number of aryl methyl sites for hydroxylation is 1. The van der Waals surface area contributed by atoms with Crippen LogP contribution in [-0.4, -0.2) is 36.0 Å². The van der Waals surface area contributed by atoms with Gasteiger partial charge in [-0.05, 0) is 57.6 Å². The molecule has 22 heavy (non-hydrogen) atoms. The minimum absolute atomic E-state index is 0.336. The summed E-state index contributed by atoms with van der Waals surface area (Å²) in [5.74, 6) is 0.336. The molecule has 3 nitrogen and oxygen atoms in total. The van der Waals surface area contributed by atoms with Crippen molar-refractivity contribution in [2.24, 2.45) is 0 Å². The van der Waals surface area contributed by atoms with E-state index in [9.17, 15) is 4.79 Å². The molecule has 120 valence electrons. The first kappa shape index (κ1) is 15.4. The second-order valence-electron chi connectivity index (χ2n) is 6.90. The molecular formula is C19H28N2O. The maximum absolute atomic E-state index is 12.7. The molecule has 2 aliphatic heterocycles. The number of benzene rings is 1. The monoisotopic (exact) mass is 300 g/mol. The van der Waals surface area contributed by atoms with E-state index in [1.165, 1.54) is 30.5 Å². The number of anilines is 1. The Morgan fingerprint density at radius 2 is 1.86 bits per heavy atom. The van der Waals surface area contributed by atoms with Gasteiger partial charge in [0.1, 0.15) is 0 Å². The highest BCUT2D eigenvalue weighted by molar-refractivity contribution is 5.77. The average Bonchev–Trinajstić information content (AvgIpc) is 2.52. The standard InChI is InChI=1S/C19H28N2O/c1-15-7-5-8-16(2)21(15)19(22)12-14-20-13-6-10-17-9-3-4-11-18(17)20/h3-4,9,11,15-16H,5-8,10,12-14H2,1-2H3/t15-,16+. The van der Waals surface area contributed by atoms with E-state index in [0.29, 0.717) is 24.4 Å². The summed E-state index contributed by atoms with van der Waals surface area (Å²) in [6.45, 7) is 6.33. The van der Waals surface area contributed by atoms with Crippen LogP contribution in [0.15, 0.2) is 24.3 Å². The highest BCUT2D eigenvalue weighted by Gasteiger charge is 2.29. The quantitative estimate of drug-likeness (QED) is 0.851. The lowest BCUT2D eigenvalue weighted by Gasteiger charge is -2.40. The number of carbonyl (C=O) groups is 1. The van der Waals surface area contributed by atoms with E-state index in [1.54, 1.807) is 0 Å². The van der Waals surface area contributed by atoms with Crippen molar-refractivity contribution in [2.45, 2.75) is 64.5 Å². The summed E-state index contributed by atoms with van der Waals surface area (Å²) in [4.78, 5) is 17.2. The van der Waals surface area contributed by atoms with Crippen molar-refractivity contribution < 1.29 is 4.79 Å². The van der Waals surface area contributed by atoms with Crippen LogP contribution in [0.3, 0.4) is 0 Å². The fourth-order valence-electron chi connectivity index (χ4n) is 4.12. The number of fused-ring (bicyclic) bond motifs is 1. The zero-order chi connectivity index (χ0) is 15.5. The van der Waals surface area contributed by atoms with Gasteiger partial charge in [0.25, 0.3) is 0 Å². The number of carbonyl (C=O) groups excluding carboxylic acids is 1. The number of nitrogens with zero attached hydrogens (tertiary/aromatic N) is 2. The molecule has 0 spiro atoms. The molecule has 0 aromatic heterocycles. The Bertz CT molecular complexity index is 518. The van der Waals surface area contributed by atoms with E-state index < -0.39 is 0 Å². The van der Waals surface area contributed by atoms with Crippen LogP contribution in [0.1, 0.15) is 51.5 Å². The molecule has 3 heteroatoms. The second kappa shape index (κ2) is 6.72. The lowest BCUT2D eigenvalue weighted by molar-refractivity contribution is -0.137. The predicted molar refractivity (Wildman–Crippen MR) is 91.2 cm³/mol. The highest BCUT2D eigenvalue weighted by Crippen LogP contribution is 2.27. The van der Waals surface area contributed by atoms with E-state index in [1.807, 2.05) is 0 Å². The number of likely N-dealkylation sites (tertiary alicyclic amines) is 1. The third kappa shape index (κ3) is 3.13. The van der Waals surface area contributed by atoms with Gasteiger partial charge in [-0.1, -0.05) is 18.2 Å². The van der Waals surface area contributed by atoms with Crippen LogP contribution in [0, 0.1) is 0 Å². The van der Waals surface area contributed by atoms with Crippen LogP contribution < -0.4 is 4.90 Å². The Kier molecular flexibility index (Phi) is 4.70. The lowest BCUT2D eigenvalue weighted by atomic mass is 9.97. The van der Waals surface area contributed by atoms with Gasteiger partial charge in [0.05, 0.1) is 0 Å². The fourth-order valence-corrected chi connectivity index (χ4v) is 4.12. The maximum atomic E-state index is 12.7. The Morgan fingerprint density at radius 3 is 2.64 bits per heavy atom. The van der Waals surface area contributed by atoms with Crippen LogP contribution in [0.4, 0.5) is 5.69 Å². The predicted octanol–water partition coefficient (Wildman–Crippen LogP) is 3.62. The largest absolute Gasteiger partial charge is 0.371 e. The van der Waals surface area contributed by atoms with Crippen molar-refractivity contribution in [3.8, 4) is 0 Å². The molecule has 2 atom stereocenters. The number of hydrogen-bond acceptors (Lipinski definition) is 2. The van der Waals surface area contributed by atoms with Crippen LogP contribution >= 0.6 is 0 Å². The summed E-state index contributed by atoms with van der Waals surface area (Å²) in [7, 11) is 0. The minimum Gasteiger partial charge on any atom is -0.371 e. The van der Waals surface area contributed by atoms with Gasteiger partial charge >= 0.3 is 0 Å². The average molecular weight is 300 g/mol. The Labute approximate surface area is 134 Å². The van der Waals surface area contributed by atoms with Gasteiger partial charge in [0, 0.05) is 37.3 Å². The number of rotatable bonds is 3. The molecule has 0 aliphatic carbocycles. The molecular weight excluding hydrogens is 272 g/mol. The first-order chi connectivity index (χ1) is 10.7. The SMILES string of the molecule is C[C@@H]1CCC[C@H](C)N1C(=O)CCN1CCCc2ccccc21. The van der Waals surface area contributed by atoms with Gasteiger partial charge in [0.15, 0.2) is 0 Å². The van der Waals surface area contributed by atoms with Gasteiger partial charge in [-0.15, -0.1) is 0 Å². The normalized spacial score (nSPS) is 25.0. The molecule has 1 saturated heterocycles. The van der Waals surface area contributed by atoms with Crippen LogP contribution in [0.2, 0.25) is 0 Å².